The van der Waals surface area contributed by atoms with Crippen molar-refractivity contribution >= 4 is 96.8 Å². The Morgan fingerprint density at radius 2 is 0.810 bits per heavy atom. The van der Waals surface area contributed by atoms with E-state index in [4.69, 9.17) is 42.1 Å². The molecule has 4 aliphatic heterocycles. The van der Waals surface area contributed by atoms with E-state index in [0.29, 0.717) is 78.2 Å². The van der Waals surface area contributed by atoms with Crippen molar-refractivity contribution in [3.05, 3.63) is 178 Å². The van der Waals surface area contributed by atoms with E-state index in [1.54, 1.807) is 104 Å². The molecule has 0 bridgehead atoms. The van der Waals surface area contributed by atoms with Gasteiger partial charge in [-0.25, -0.2) is 35.9 Å². The van der Waals surface area contributed by atoms with E-state index in [9.17, 15) is 60.0 Å². The van der Waals surface area contributed by atoms with E-state index < -0.39 is 103 Å². The molecule has 116 heavy (non-hydrogen) atoms. The van der Waals surface area contributed by atoms with Crippen molar-refractivity contribution in [3.63, 3.8) is 0 Å². The van der Waals surface area contributed by atoms with E-state index >= 15 is 0 Å². The molecule has 620 valence electrons. The maximum atomic E-state index is 14.6. The van der Waals surface area contributed by atoms with Crippen molar-refractivity contribution in [1.82, 2.24) is 40.5 Å². The zero-order valence-electron chi connectivity index (χ0n) is 65.3. The van der Waals surface area contributed by atoms with Crippen LogP contribution in [0.4, 0.5) is 9.59 Å². The minimum Gasteiger partial charge on any atom is -0.466 e. The van der Waals surface area contributed by atoms with Crippen molar-refractivity contribution in [2.24, 2.45) is 11.8 Å². The maximum Gasteiger partial charge on any atom is 0.408 e. The number of carbonyl (C=O) groups excluding carboxylic acids is 9. The van der Waals surface area contributed by atoms with Crippen LogP contribution in [-0.4, -0.2) is 134 Å². The molecule has 8 amide bonds. The molecule has 4 saturated carbocycles. The lowest BCUT2D eigenvalue weighted by molar-refractivity contribution is -0.144. The van der Waals surface area contributed by atoms with Gasteiger partial charge in [0.1, 0.15) is 70.5 Å². The molecule has 6 aromatic rings. The van der Waals surface area contributed by atoms with Gasteiger partial charge in [-0.2, -0.15) is 0 Å². The van der Waals surface area contributed by atoms with Gasteiger partial charge in [-0.05, 0) is 216 Å². The fourth-order valence-electron chi connectivity index (χ4n) is 16.5. The number of benzene rings is 6. The molecule has 8 aliphatic rings. The predicted molar refractivity (Wildman–Crippen MR) is 432 cm³/mol. The summed E-state index contributed by atoms with van der Waals surface area (Å²) in [6.45, 7) is 3.77. The summed E-state index contributed by atoms with van der Waals surface area (Å²) in [5.41, 5.74) is 0.176. The number of halogens is 2. The molecule has 6 fully saturated rings. The number of hydrogen-bond acceptors (Lipinski definition) is 18. The number of esters is 1. The zero-order valence-corrected chi connectivity index (χ0v) is 68.4. The van der Waals surface area contributed by atoms with Crippen LogP contribution in [0.15, 0.2) is 155 Å². The molecule has 6 N–H and O–H groups in total. The molecule has 2 saturated heterocycles. The second-order valence-electron chi connectivity index (χ2n) is 31.2. The van der Waals surface area contributed by atoms with E-state index in [-0.39, 0.29) is 78.6 Å². The minimum atomic E-state index is -4.23. The van der Waals surface area contributed by atoms with E-state index in [1.807, 2.05) is 24.3 Å². The number of carbonyl (C=O) groups is 9. The van der Waals surface area contributed by atoms with Crippen molar-refractivity contribution in [2.45, 2.75) is 251 Å². The molecule has 4 aliphatic carbocycles. The zero-order chi connectivity index (χ0) is 82.2. The number of alkyl carbamates (subject to hydrolysis) is 2. The molecule has 6 aromatic carbocycles. The molecule has 0 radical (unpaired) electrons. The number of fused-ring (bicyclic) bond motifs is 6. The lowest BCUT2D eigenvalue weighted by Gasteiger charge is -2.39. The van der Waals surface area contributed by atoms with Crippen LogP contribution in [0, 0.1) is 11.8 Å². The molecule has 2 unspecified atom stereocenters. The third-order valence-electron chi connectivity index (χ3n) is 22.9. The SMILES string of the molecule is CCOC(C)=O.O=C(N[C@H]1CCCCCCC[C@@H]2C[C@@]2(C(=O)NS(=O)(=O)c2ccccc2)NC(=O)C2Cc3cc(Oc4cccc(Cl)c4)ccc3CN2C1=O)OC1CCCC1.O=C(N[C@H]1CCCCCCC[C@@H]2C[C@@]2(C(=O)NS(=O)(=O)c2ccccc2)NC(=O)C2Cc3cc(Oc4cccc(Cl)c4)ccc3CN2C1=O)OC1CCCC1. The first kappa shape index (κ1) is 85.6. The van der Waals surface area contributed by atoms with Gasteiger partial charge in [-0.3, -0.25) is 33.6 Å². The normalized spacial score (nSPS) is 23.9. The average molecular weight is 1670 g/mol. The Morgan fingerprint density at radius 1 is 0.448 bits per heavy atom. The standard InChI is InChI=1S/2C41H47ClN4O8S.C4H8O2/c2*42-30-13-11-16-32(24-30)53-33-21-20-27-26-46-36(23-28(27)22-33)37(47)44-41(39(49)45-55(51,52)34-17-6-4-7-18-34)25-29(41)12-5-2-1-3-8-19-35(38(46)48)43-40(50)54-31-14-9-10-15-31;1-3-6-4(2)5/h2*4,6-7,11,13,16-18,20-22,24,29,31,35-36H,1-3,5,8-10,12,14-15,19,23,25-26H2,(H,43,50)(H,44,47)(H,45,49);3H2,1-2H3/t2*29-,35+,36?,41-;/m11./s1. The van der Waals surface area contributed by atoms with Gasteiger partial charge in [-0.1, -0.05) is 148 Å². The van der Waals surface area contributed by atoms with Crippen LogP contribution in [-0.2, 0) is 93.8 Å². The lowest BCUT2D eigenvalue weighted by atomic mass is 9.91. The van der Waals surface area contributed by atoms with Gasteiger partial charge in [-0.15, -0.1) is 0 Å². The highest BCUT2D eigenvalue weighted by Crippen LogP contribution is 2.50. The molecule has 0 spiro atoms. The Morgan fingerprint density at radius 3 is 1.17 bits per heavy atom. The van der Waals surface area contributed by atoms with Gasteiger partial charge in [0.15, 0.2) is 0 Å². The number of amides is 8. The molecule has 30 heteroatoms. The third-order valence-corrected chi connectivity index (χ3v) is 26.1. The highest BCUT2D eigenvalue weighted by molar-refractivity contribution is 7.90. The number of nitrogens with zero attached hydrogens (tertiary/aromatic N) is 2. The Kier molecular flexibility index (Phi) is 28.8. The largest absolute Gasteiger partial charge is 0.466 e. The summed E-state index contributed by atoms with van der Waals surface area (Å²) in [6.07, 6.45) is 16.1. The lowest BCUT2D eigenvalue weighted by Crippen LogP contribution is -2.61. The summed E-state index contributed by atoms with van der Waals surface area (Å²) in [4.78, 5) is 125. The quantitative estimate of drug-likeness (QED) is 0.0411. The molecule has 26 nitrogen and oxygen atoms in total. The summed E-state index contributed by atoms with van der Waals surface area (Å²) in [5, 5.41) is 12.6. The summed E-state index contributed by atoms with van der Waals surface area (Å²) in [7, 11) is -8.45. The molecule has 8 atom stereocenters. The third kappa shape index (κ3) is 22.3. The molecule has 0 aromatic heterocycles. The van der Waals surface area contributed by atoms with Crippen LogP contribution in [0.1, 0.15) is 190 Å². The Bertz CT molecular complexity index is 4500. The van der Waals surface area contributed by atoms with Crippen LogP contribution < -0.4 is 40.2 Å². The van der Waals surface area contributed by atoms with E-state index in [1.165, 1.54) is 41.0 Å². The van der Waals surface area contributed by atoms with Crippen LogP contribution in [0.5, 0.6) is 23.0 Å². The fourth-order valence-corrected chi connectivity index (χ4v) is 19.0. The summed E-state index contributed by atoms with van der Waals surface area (Å²) in [5.74, 6) is -2.34. The van der Waals surface area contributed by atoms with Gasteiger partial charge in [0.2, 0.25) is 23.6 Å². The first-order valence-corrected chi connectivity index (χ1v) is 44.2. The summed E-state index contributed by atoms with van der Waals surface area (Å²) < 4.78 is 85.6. The van der Waals surface area contributed by atoms with E-state index in [0.717, 1.165) is 125 Å². The number of hydrogen-bond donors (Lipinski definition) is 6. The molecular formula is C86H102Cl2N8O18S2. The van der Waals surface area contributed by atoms with Gasteiger partial charge in [0.05, 0.1) is 16.4 Å². The van der Waals surface area contributed by atoms with Crippen LogP contribution in [0.2, 0.25) is 10.0 Å². The summed E-state index contributed by atoms with van der Waals surface area (Å²) >= 11 is 12.4. The first-order chi connectivity index (χ1) is 55.8. The number of rotatable bonds is 15. The van der Waals surface area contributed by atoms with Gasteiger partial charge < -0.3 is 54.8 Å². The van der Waals surface area contributed by atoms with Gasteiger partial charge in [0.25, 0.3) is 31.9 Å². The highest BCUT2D eigenvalue weighted by atomic mass is 35.5. The van der Waals surface area contributed by atoms with Crippen molar-refractivity contribution < 1.29 is 83.7 Å². The molecular weight excluding hydrogens is 1570 g/mol. The second-order valence-corrected chi connectivity index (χ2v) is 35.4. The maximum absolute atomic E-state index is 14.6. The summed E-state index contributed by atoms with van der Waals surface area (Å²) in [6, 6.07) is 36.0. The first-order valence-electron chi connectivity index (χ1n) is 40.5. The smallest absolute Gasteiger partial charge is 0.408 e. The Balaban J connectivity index is 0.000000200. The highest BCUT2D eigenvalue weighted by Gasteiger charge is 2.63. The van der Waals surface area contributed by atoms with Gasteiger partial charge >= 0.3 is 18.2 Å². The van der Waals surface area contributed by atoms with Crippen molar-refractivity contribution in [3.8, 4) is 23.0 Å². The van der Waals surface area contributed by atoms with Crippen LogP contribution in [0.25, 0.3) is 0 Å². The fraction of sp³-hybridized carbons (Fsp3) is 0.477. The number of sulfonamides is 2. The van der Waals surface area contributed by atoms with Crippen LogP contribution >= 0.6 is 23.2 Å². The number of ether oxygens (including phenoxy) is 5. The van der Waals surface area contributed by atoms with Crippen molar-refractivity contribution in [1.29, 1.82) is 0 Å². The second kappa shape index (κ2) is 39.0. The minimum absolute atomic E-state index is 0.0601. The molecule has 4 heterocycles. The molecule has 14 rings (SSSR count). The topological polar surface area (TPSA) is 347 Å². The number of nitrogens with one attached hydrogen (secondary N) is 6. The average Bonchev–Trinajstić information content (AvgIpc) is 1.58. The Labute approximate surface area is 687 Å². The monoisotopic (exact) mass is 1670 g/mol. The predicted octanol–water partition coefficient (Wildman–Crippen LogP) is 13.7. The van der Waals surface area contributed by atoms with E-state index in [2.05, 4.69) is 35.4 Å². The van der Waals surface area contributed by atoms with Crippen molar-refractivity contribution in [2.75, 3.05) is 6.61 Å². The van der Waals surface area contributed by atoms with Gasteiger partial charge in [0, 0.05) is 42.9 Å². The van der Waals surface area contributed by atoms with Crippen LogP contribution in [0.3, 0.4) is 0 Å². The Hall–Kier alpha value is -9.77.